The summed E-state index contributed by atoms with van der Waals surface area (Å²) in [5.41, 5.74) is 0. The highest BCUT2D eigenvalue weighted by molar-refractivity contribution is 7.46. The Hall–Kier alpha value is 0.0300. The summed E-state index contributed by atoms with van der Waals surface area (Å²) in [5, 5.41) is 11.5. The van der Waals surface area contributed by atoms with Crippen LogP contribution in [0.1, 0.15) is 6.42 Å². The van der Waals surface area contributed by atoms with Crippen LogP contribution >= 0.6 is 7.82 Å². The smallest absolute Gasteiger partial charge is 0.395 e. The molecule has 1 rings (SSSR count). The third-order valence-corrected chi connectivity index (χ3v) is 2.26. The van der Waals surface area contributed by atoms with Crippen LogP contribution < -0.4 is 5.32 Å². The third-order valence-electron chi connectivity index (χ3n) is 1.69. The molecule has 72 valence electrons. The van der Waals surface area contributed by atoms with E-state index in [1.54, 1.807) is 0 Å². The maximum absolute atomic E-state index is 10.4. The Labute approximate surface area is 69.8 Å². The number of phosphoric ester groups is 1. The predicted octanol–water partition coefficient (Wildman–Crippen LogP) is -1.18. The summed E-state index contributed by atoms with van der Waals surface area (Å²) in [4.78, 5) is 16.9. The highest BCUT2D eigenvalue weighted by Crippen LogP contribution is 2.39. The van der Waals surface area contributed by atoms with Crippen LogP contribution in [-0.4, -0.2) is 40.2 Å². The first-order chi connectivity index (χ1) is 5.51. The summed E-state index contributed by atoms with van der Waals surface area (Å²) in [6, 6.07) is -0.110. The van der Waals surface area contributed by atoms with Crippen molar-refractivity contribution in [1.29, 1.82) is 0 Å². The fourth-order valence-corrected chi connectivity index (χ4v) is 1.74. The van der Waals surface area contributed by atoms with E-state index in [2.05, 4.69) is 9.84 Å². The highest BCUT2D eigenvalue weighted by Gasteiger charge is 2.29. The maximum atomic E-state index is 10.4. The Balaban J connectivity index is 2.33. The van der Waals surface area contributed by atoms with Crippen LogP contribution in [0.4, 0.5) is 0 Å². The van der Waals surface area contributed by atoms with Gasteiger partial charge in [-0.1, -0.05) is 0 Å². The van der Waals surface area contributed by atoms with Gasteiger partial charge in [0.1, 0.15) is 0 Å². The number of aliphatic hydroxyl groups is 1. The van der Waals surface area contributed by atoms with Gasteiger partial charge in [0, 0.05) is 12.6 Å². The predicted molar refractivity (Wildman–Crippen MR) is 40.4 cm³/mol. The van der Waals surface area contributed by atoms with Gasteiger partial charge in [0.2, 0.25) is 0 Å². The van der Waals surface area contributed by atoms with Gasteiger partial charge in [0.05, 0.1) is 12.7 Å². The molecule has 1 aliphatic heterocycles. The number of nitrogens with one attached hydrogen (secondary N) is 1. The number of hydrogen-bond donors (Lipinski definition) is 4. The second kappa shape index (κ2) is 3.83. The molecule has 0 spiro atoms. The molecule has 6 nitrogen and oxygen atoms in total. The Bertz CT molecular complexity index is 192. The van der Waals surface area contributed by atoms with Crippen molar-refractivity contribution in [2.45, 2.75) is 18.6 Å². The topological polar surface area (TPSA) is 99.0 Å². The average Bonchev–Trinajstić information content (AvgIpc) is 2.32. The molecule has 0 bridgehead atoms. The zero-order valence-corrected chi connectivity index (χ0v) is 7.28. The van der Waals surface area contributed by atoms with Gasteiger partial charge in [0.25, 0.3) is 0 Å². The summed E-state index contributed by atoms with van der Waals surface area (Å²) in [6.07, 6.45) is -0.0651. The molecular weight excluding hydrogens is 185 g/mol. The first-order valence-corrected chi connectivity index (χ1v) is 5.12. The maximum Gasteiger partial charge on any atom is 0.469 e. The zero-order chi connectivity index (χ0) is 9.19. The first kappa shape index (κ1) is 10.1. The van der Waals surface area contributed by atoms with Gasteiger partial charge in [-0.25, -0.2) is 4.57 Å². The van der Waals surface area contributed by atoms with Crippen LogP contribution in [0.2, 0.25) is 0 Å². The highest BCUT2D eigenvalue weighted by atomic mass is 31.2. The molecular formula is C5H12NO5P. The Kier molecular flexibility index (Phi) is 3.22. The molecule has 1 saturated heterocycles. The van der Waals surface area contributed by atoms with Crippen molar-refractivity contribution in [3.63, 3.8) is 0 Å². The first-order valence-electron chi connectivity index (χ1n) is 3.59. The fourth-order valence-electron chi connectivity index (χ4n) is 1.20. The van der Waals surface area contributed by atoms with Gasteiger partial charge in [-0.2, -0.15) is 0 Å². The minimum Gasteiger partial charge on any atom is -0.395 e. The van der Waals surface area contributed by atoms with Gasteiger partial charge >= 0.3 is 7.82 Å². The summed E-state index contributed by atoms with van der Waals surface area (Å²) in [5.74, 6) is 0. The quantitative estimate of drug-likeness (QED) is 0.425. The van der Waals surface area contributed by atoms with Crippen molar-refractivity contribution >= 4 is 7.82 Å². The van der Waals surface area contributed by atoms with Crippen LogP contribution in [0.25, 0.3) is 0 Å². The Morgan fingerprint density at radius 3 is 2.67 bits per heavy atom. The van der Waals surface area contributed by atoms with E-state index < -0.39 is 13.9 Å². The van der Waals surface area contributed by atoms with Crippen molar-refractivity contribution in [1.82, 2.24) is 5.32 Å². The lowest BCUT2D eigenvalue weighted by atomic mass is 10.2. The molecule has 4 N–H and O–H groups in total. The largest absolute Gasteiger partial charge is 0.469 e. The van der Waals surface area contributed by atoms with E-state index in [4.69, 9.17) is 14.9 Å². The molecule has 1 fully saturated rings. The SMILES string of the molecule is O=P(O)(O)OC1CNC(CO)C1. The van der Waals surface area contributed by atoms with Crippen molar-refractivity contribution in [2.75, 3.05) is 13.2 Å². The van der Waals surface area contributed by atoms with E-state index >= 15 is 0 Å². The molecule has 2 unspecified atom stereocenters. The van der Waals surface area contributed by atoms with Crippen LogP contribution in [-0.2, 0) is 9.09 Å². The molecule has 2 atom stereocenters. The van der Waals surface area contributed by atoms with Gasteiger partial charge < -0.3 is 20.2 Å². The zero-order valence-electron chi connectivity index (χ0n) is 6.38. The normalized spacial score (nSPS) is 30.9. The lowest BCUT2D eigenvalue weighted by Gasteiger charge is -2.10. The van der Waals surface area contributed by atoms with Gasteiger partial charge in [0.15, 0.2) is 0 Å². The van der Waals surface area contributed by atoms with Crippen LogP contribution in [0.3, 0.4) is 0 Å². The van der Waals surface area contributed by atoms with E-state index in [9.17, 15) is 4.57 Å². The van der Waals surface area contributed by atoms with E-state index in [1.165, 1.54) is 0 Å². The second-order valence-corrected chi connectivity index (χ2v) is 3.93. The average molecular weight is 197 g/mol. The third kappa shape index (κ3) is 3.18. The molecule has 0 aromatic rings. The van der Waals surface area contributed by atoms with Gasteiger partial charge in [-0.15, -0.1) is 0 Å². The van der Waals surface area contributed by atoms with Crippen LogP contribution in [0.5, 0.6) is 0 Å². The van der Waals surface area contributed by atoms with E-state index in [0.29, 0.717) is 13.0 Å². The van der Waals surface area contributed by atoms with Crippen LogP contribution in [0, 0.1) is 0 Å². The van der Waals surface area contributed by atoms with E-state index in [1.807, 2.05) is 0 Å². The Morgan fingerprint density at radius 2 is 2.25 bits per heavy atom. The van der Waals surface area contributed by atoms with Crippen molar-refractivity contribution in [3.05, 3.63) is 0 Å². The molecule has 1 heterocycles. The molecule has 0 aromatic carbocycles. The summed E-state index contributed by atoms with van der Waals surface area (Å²) >= 11 is 0. The van der Waals surface area contributed by atoms with Crippen molar-refractivity contribution < 1.29 is 24.0 Å². The molecule has 0 amide bonds. The van der Waals surface area contributed by atoms with Crippen molar-refractivity contribution in [2.24, 2.45) is 0 Å². The second-order valence-electron chi connectivity index (χ2n) is 2.74. The van der Waals surface area contributed by atoms with Crippen LogP contribution in [0.15, 0.2) is 0 Å². The van der Waals surface area contributed by atoms with E-state index in [-0.39, 0.29) is 12.6 Å². The number of aliphatic hydroxyl groups excluding tert-OH is 1. The lowest BCUT2D eigenvalue weighted by molar-refractivity contribution is 0.140. The molecule has 1 aliphatic rings. The molecule has 0 aromatic heterocycles. The van der Waals surface area contributed by atoms with Gasteiger partial charge in [-0.05, 0) is 6.42 Å². The Morgan fingerprint density at radius 1 is 1.58 bits per heavy atom. The molecule has 0 radical (unpaired) electrons. The fraction of sp³-hybridized carbons (Fsp3) is 1.00. The molecule has 12 heavy (non-hydrogen) atoms. The standard InChI is InChI=1S/C5H12NO5P/c7-3-4-1-5(2-6-4)11-12(8,9)10/h4-7H,1-3H2,(H2,8,9,10). The number of phosphoric acid groups is 1. The number of rotatable bonds is 3. The molecule has 0 aliphatic carbocycles. The molecule has 0 saturated carbocycles. The molecule has 7 heteroatoms. The summed E-state index contributed by atoms with van der Waals surface area (Å²) in [7, 11) is -4.37. The minimum atomic E-state index is -4.37. The van der Waals surface area contributed by atoms with Gasteiger partial charge in [-0.3, -0.25) is 4.52 Å². The van der Waals surface area contributed by atoms with Crippen molar-refractivity contribution in [3.8, 4) is 0 Å². The minimum absolute atomic E-state index is 0.0407. The number of hydrogen-bond acceptors (Lipinski definition) is 4. The lowest BCUT2D eigenvalue weighted by Crippen LogP contribution is -2.24. The van der Waals surface area contributed by atoms with E-state index in [0.717, 1.165) is 0 Å². The summed E-state index contributed by atoms with van der Waals surface area (Å²) in [6.45, 7) is 0.331. The monoisotopic (exact) mass is 197 g/mol. The summed E-state index contributed by atoms with van der Waals surface area (Å²) < 4.78 is 14.8.